The number of aromatic nitrogens is 2. The van der Waals surface area contributed by atoms with Gasteiger partial charge in [0.2, 0.25) is 0 Å². The molecular formula is C15H11N5O2. The molecule has 7 heteroatoms. The minimum absolute atomic E-state index is 0.199. The number of carbonyl (C=O) groups excluding carboxylic acids is 1. The first-order valence-electron chi connectivity index (χ1n) is 6.52. The van der Waals surface area contributed by atoms with Crippen LogP contribution in [0.4, 0.5) is 0 Å². The van der Waals surface area contributed by atoms with Crippen molar-refractivity contribution in [1.82, 2.24) is 9.97 Å². The summed E-state index contributed by atoms with van der Waals surface area (Å²) in [5.74, 6) is -0.454. The second-order valence-electron chi connectivity index (χ2n) is 4.56. The highest BCUT2D eigenvalue weighted by Crippen LogP contribution is 2.22. The lowest BCUT2D eigenvalue weighted by Gasteiger charge is -2.07. The number of para-hydroxylation sites is 2. The van der Waals surface area contributed by atoms with Crippen LogP contribution in [0.25, 0.3) is 32.5 Å². The third-order valence-corrected chi connectivity index (χ3v) is 3.29. The average Bonchev–Trinajstić information content (AvgIpc) is 2.56. The van der Waals surface area contributed by atoms with Gasteiger partial charge < -0.3 is 4.74 Å². The molecule has 0 aliphatic rings. The van der Waals surface area contributed by atoms with Crippen LogP contribution in [0, 0.1) is 0 Å². The molecule has 1 aromatic heterocycles. The van der Waals surface area contributed by atoms with Crippen LogP contribution < -0.4 is 0 Å². The van der Waals surface area contributed by atoms with E-state index in [1.807, 2.05) is 12.1 Å². The lowest BCUT2D eigenvalue weighted by atomic mass is 10.1. The number of hydrogen-bond acceptors (Lipinski definition) is 5. The third kappa shape index (κ3) is 2.30. The van der Waals surface area contributed by atoms with Gasteiger partial charge in [-0.1, -0.05) is 23.3 Å². The minimum atomic E-state index is -0.454. The van der Waals surface area contributed by atoms with E-state index in [4.69, 9.17) is 10.3 Å². The Morgan fingerprint density at radius 3 is 2.59 bits per heavy atom. The number of rotatable bonds is 3. The van der Waals surface area contributed by atoms with Crippen molar-refractivity contribution in [1.29, 1.82) is 0 Å². The summed E-state index contributed by atoms with van der Waals surface area (Å²) in [4.78, 5) is 23.7. The van der Waals surface area contributed by atoms with Gasteiger partial charge in [0.25, 0.3) is 0 Å². The molecule has 22 heavy (non-hydrogen) atoms. The van der Waals surface area contributed by atoms with Crippen LogP contribution >= 0.6 is 0 Å². The van der Waals surface area contributed by atoms with Gasteiger partial charge in [-0.2, -0.15) is 0 Å². The maximum atomic E-state index is 11.8. The Balaban J connectivity index is 2.30. The van der Waals surface area contributed by atoms with Crippen LogP contribution in [0.5, 0.6) is 0 Å². The fourth-order valence-corrected chi connectivity index (χ4v) is 2.29. The van der Waals surface area contributed by atoms with Gasteiger partial charge in [-0.05, 0) is 29.3 Å². The highest BCUT2D eigenvalue weighted by Gasteiger charge is 2.13. The Hall–Kier alpha value is -3.18. The fourth-order valence-electron chi connectivity index (χ4n) is 2.29. The van der Waals surface area contributed by atoms with E-state index in [0.29, 0.717) is 27.6 Å². The fraction of sp³-hybridized carbons (Fsp3) is 0.133. The van der Waals surface area contributed by atoms with Crippen molar-refractivity contribution in [2.45, 2.75) is 6.54 Å². The van der Waals surface area contributed by atoms with Gasteiger partial charge in [-0.25, -0.2) is 14.8 Å². The normalized spacial score (nSPS) is 10.4. The second-order valence-corrected chi connectivity index (χ2v) is 4.56. The number of benzene rings is 2. The summed E-state index contributed by atoms with van der Waals surface area (Å²) in [5, 5.41) is 3.57. The number of nitrogens with zero attached hydrogens (tertiary/aromatic N) is 5. The van der Waals surface area contributed by atoms with Crippen molar-refractivity contribution < 1.29 is 9.53 Å². The molecule has 108 valence electrons. The van der Waals surface area contributed by atoms with Crippen molar-refractivity contribution in [2.24, 2.45) is 5.11 Å². The number of carbonyl (C=O) groups is 1. The highest BCUT2D eigenvalue weighted by atomic mass is 16.5. The van der Waals surface area contributed by atoms with E-state index < -0.39 is 5.97 Å². The van der Waals surface area contributed by atoms with Crippen LogP contribution in [-0.2, 0) is 11.3 Å². The molecule has 0 atom stereocenters. The van der Waals surface area contributed by atoms with Gasteiger partial charge >= 0.3 is 5.97 Å². The SMILES string of the molecule is COC(=O)c1cccc2nc3c(CN=[N+]=[N-])cccc3nc12. The molecule has 0 saturated carbocycles. The Bertz CT molecular complexity index is 932. The van der Waals surface area contributed by atoms with E-state index in [9.17, 15) is 4.79 Å². The zero-order valence-electron chi connectivity index (χ0n) is 11.7. The van der Waals surface area contributed by atoms with Crippen LogP contribution in [-0.4, -0.2) is 23.0 Å². The number of hydrogen-bond donors (Lipinski definition) is 0. The average molecular weight is 293 g/mol. The topological polar surface area (TPSA) is 101 Å². The molecule has 0 aliphatic heterocycles. The predicted octanol–water partition coefficient (Wildman–Crippen LogP) is 3.38. The van der Waals surface area contributed by atoms with E-state index in [2.05, 4.69) is 20.0 Å². The predicted molar refractivity (Wildman–Crippen MR) is 81.2 cm³/mol. The van der Waals surface area contributed by atoms with E-state index >= 15 is 0 Å². The number of methoxy groups -OCH3 is 1. The summed E-state index contributed by atoms with van der Waals surface area (Å²) in [6, 6.07) is 10.6. The number of azide groups is 1. The third-order valence-electron chi connectivity index (χ3n) is 3.29. The molecule has 2 aromatic carbocycles. The summed E-state index contributed by atoms with van der Waals surface area (Å²) in [7, 11) is 1.33. The van der Waals surface area contributed by atoms with Gasteiger partial charge in [-0.3, -0.25) is 0 Å². The summed E-state index contributed by atoms with van der Waals surface area (Å²) < 4.78 is 4.77. The van der Waals surface area contributed by atoms with Gasteiger partial charge in [0.05, 0.1) is 35.8 Å². The van der Waals surface area contributed by atoms with E-state index in [0.717, 1.165) is 5.56 Å². The van der Waals surface area contributed by atoms with E-state index in [1.165, 1.54) is 7.11 Å². The van der Waals surface area contributed by atoms with Gasteiger partial charge in [0.1, 0.15) is 5.52 Å². The Morgan fingerprint density at radius 1 is 1.18 bits per heavy atom. The molecular weight excluding hydrogens is 282 g/mol. The molecule has 0 bridgehead atoms. The lowest BCUT2D eigenvalue weighted by Crippen LogP contribution is -2.04. The molecule has 0 unspecified atom stereocenters. The van der Waals surface area contributed by atoms with E-state index in [1.54, 1.807) is 24.3 Å². The Morgan fingerprint density at radius 2 is 1.86 bits per heavy atom. The van der Waals surface area contributed by atoms with E-state index in [-0.39, 0.29) is 6.54 Å². The zero-order chi connectivity index (χ0) is 15.5. The quantitative estimate of drug-likeness (QED) is 0.243. The first-order valence-corrected chi connectivity index (χ1v) is 6.52. The monoisotopic (exact) mass is 293 g/mol. The second kappa shape index (κ2) is 5.67. The largest absolute Gasteiger partial charge is 0.465 e. The molecule has 0 N–H and O–H groups in total. The van der Waals surface area contributed by atoms with Crippen LogP contribution in [0.2, 0.25) is 0 Å². The first kappa shape index (κ1) is 13.8. The van der Waals surface area contributed by atoms with Crippen molar-refractivity contribution in [2.75, 3.05) is 7.11 Å². The van der Waals surface area contributed by atoms with Crippen LogP contribution in [0.15, 0.2) is 41.5 Å². The van der Waals surface area contributed by atoms with Crippen molar-refractivity contribution >= 4 is 28.0 Å². The maximum absolute atomic E-state index is 11.8. The highest BCUT2D eigenvalue weighted by molar-refractivity contribution is 6.03. The standard InChI is InChI=1S/C15H11N5O2/c1-22-15(21)10-5-3-7-12-14(10)19-11-6-2-4-9(8-17-20-16)13(11)18-12/h2-7H,8H2,1H3. The molecule has 7 nitrogen and oxygen atoms in total. The van der Waals surface area contributed by atoms with Crippen LogP contribution in [0.1, 0.15) is 15.9 Å². The Kier molecular flexibility index (Phi) is 3.55. The number of esters is 1. The molecule has 3 rings (SSSR count). The zero-order valence-corrected chi connectivity index (χ0v) is 11.7. The van der Waals surface area contributed by atoms with Gasteiger partial charge in [0, 0.05) is 4.91 Å². The van der Waals surface area contributed by atoms with Crippen molar-refractivity contribution in [3.63, 3.8) is 0 Å². The number of ether oxygens (including phenoxy) is 1. The minimum Gasteiger partial charge on any atom is -0.465 e. The molecule has 3 aromatic rings. The summed E-state index contributed by atoms with van der Waals surface area (Å²) in [5.41, 5.74) is 12.0. The Labute approximate surface area is 125 Å². The lowest BCUT2D eigenvalue weighted by molar-refractivity contribution is 0.0603. The molecule has 0 saturated heterocycles. The maximum Gasteiger partial charge on any atom is 0.340 e. The number of fused-ring (bicyclic) bond motifs is 2. The first-order chi connectivity index (χ1) is 10.7. The summed E-state index contributed by atoms with van der Waals surface area (Å²) >= 11 is 0. The molecule has 0 spiro atoms. The molecule has 0 fully saturated rings. The van der Waals surface area contributed by atoms with Crippen molar-refractivity contribution in [3.8, 4) is 0 Å². The van der Waals surface area contributed by atoms with Crippen LogP contribution in [0.3, 0.4) is 0 Å². The van der Waals surface area contributed by atoms with Gasteiger partial charge in [0.15, 0.2) is 0 Å². The molecule has 0 aliphatic carbocycles. The summed E-state index contributed by atoms with van der Waals surface area (Å²) in [6.07, 6.45) is 0. The van der Waals surface area contributed by atoms with Crippen molar-refractivity contribution in [3.05, 3.63) is 58.0 Å². The summed E-state index contributed by atoms with van der Waals surface area (Å²) in [6.45, 7) is 0.199. The smallest absolute Gasteiger partial charge is 0.340 e. The van der Waals surface area contributed by atoms with Gasteiger partial charge in [-0.15, -0.1) is 0 Å². The molecule has 1 heterocycles. The molecule has 0 radical (unpaired) electrons. The molecule has 0 amide bonds.